The second-order valence-electron chi connectivity index (χ2n) is 23.7. The highest BCUT2D eigenvalue weighted by Gasteiger charge is 2.40. The minimum Gasteiger partial charge on any atom is -0.504 e. The van der Waals surface area contributed by atoms with Crippen LogP contribution in [0.1, 0.15) is 105 Å². The lowest BCUT2D eigenvalue weighted by Gasteiger charge is -2.29. The minimum absolute atomic E-state index is 0.0459. The number of aliphatic carboxylic acids is 1. The summed E-state index contributed by atoms with van der Waals surface area (Å²) in [6, 6.07) is -12.8. The molecule has 0 radical (unpaired) electrons. The van der Waals surface area contributed by atoms with Crippen LogP contribution in [0.15, 0.2) is 18.2 Å². The van der Waals surface area contributed by atoms with E-state index in [2.05, 4.69) is 63.8 Å². The maximum atomic E-state index is 14.1. The molecule has 1 fully saturated rings. The Bertz CT molecular complexity index is 3490. The van der Waals surface area contributed by atoms with E-state index in [9.17, 15) is 112 Å². The van der Waals surface area contributed by atoms with Crippen molar-refractivity contribution in [2.45, 2.75) is 171 Å². The van der Waals surface area contributed by atoms with E-state index in [1.165, 1.54) is 50.5 Å². The van der Waals surface area contributed by atoms with Crippen LogP contribution in [0.2, 0.25) is 0 Å². The van der Waals surface area contributed by atoms with E-state index < -0.39 is 217 Å². The number of phenolic OH excluding ortho intramolecular Hbond substituents is 2. The number of benzene rings is 1. The van der Waals surface area contributed by atoms with Crippen molar-refractivity contribution in [2.75, 3.05) is 50.0 Å². The monoisotopic (exact) mass is 1430 g/mol. The van der Waals surface area contributed by atoms with Gasteiger partial charge in [0, 0.05) is 43.7 Å². The average Bonchev–Trinajstić information content (AvgIpc) is 0.749. The van der Waals surface area contributed by atoms with E-state index in [1.807, 2.05) is 10.6 Å². The fourth-order valence-corrected chi connectivity index (χ4v) is 9.92. The van der Waals surface area contributed by atoms with Crippen LogP contribution in [0.5, 0.6) is 11.5 Å². The Morgan fingerprint density at radius 1 is 0.594 bits per heavy atom. The molecule has 42 heteroatoms. The molecule has 1 saturated heterocycles. The summed E-state index contributed by atoms with van der Waals surface area (Å²) < 4.78 is 1.43. The van der Waals surface area contributed by atoms with Crippen molar-refractivity contribution in [3.05, 3.63) is 18.2 Å². The Kier molecular flexibility index (Phi) is 31.7. The number of aliphatic hydroxyl groups is 2. The van der Waals surface area contributed by atoms with Crippen LogP contribution >= 0.6 is 0 Å². The van der Waals surface area contributed by atoms with E-state index in [0.717, 1.165) is 6.92 Å². The van der Waals surface area contributed by atoms with Gasteiger partial charge in [0.25, 0.3) is 17.6 Å². The number of phenols is 2. The summed E-state index contributed by atoms with van der Waals surface area (Å²) in [6.45, 7) is 3.50. The number of aliphatic hydroxyl groups excluding tert-OH is 2. The average molecular weight is 1430 g/mol. The number of rotatable bonds is 38. The first-order valence-corrected chi connectivity index (χ1v) is 31.8. The molecule has 26 N–H and O–H groups in total. The van der Waals surface area contributed by atoms with Gasteiger partial charge >= 0.3 is 5.97 Å². The molecule has 0 aliphatic carbocycles. The smallest absolute Gasteiger partial charge is 0.335 e. The summed E-state index contributed by atoms with van der Waals surface area (Å²) >= 11 is 0. The van der Waals surface area contributed by atoms with Gasteiger partial charge in [-0.1, -0.05) is 0 Å². The number of nitrogens with two attached hydrogens (primary N) is 3. The summed E-state index contributed by atoms with van der Waals surface area (Å²) in [5.41, 5.74) is 16.5. The zero-order valence-electron chi connectivity index (χ0n) is 55.7. The molecule has 101 heavy (non-hydrogen) atoms. The van der Waals surface area contributed by atoms with Gasteiger partial charge < -0.3 is 112 Å². The number of nitrogens with one attached hydrogen (secondary N) is 14. The van der Waals surface area contributed by atoms with Crippen molar-refractivity contribution in [1.29, 1.82) is 0 Å². The summed E-state index contributed by atoms with van der Waals surface area (Å²) in [4.78, 5) is 220. The summed E-state index contributed by atoms with van der Waals surface area (Å²) in [5, 5.41) is 94.2. The normalized spacial score (nSPS) is 16.9. The molecule has 4 rings (SSSR count). The van der Waals surface area contributed by atoms with Crippen LogP contribution in [0.3, 0.4) is 0 Å². The highest BCUT2D eigenvalue weighted by Crippen LogP contribution is 2.35. The number of amides is 16. The van der Waals surface area contributed by atoms with Crippen LogP contribution in [0.25, 0.3) is 10.9 Å². The number of aromatic nitrogens is 1. The lowest BCUT2D eigenvalue weighted by Crippen LogP contribution is -2.62. The largest absolute Gasteiger partial charge is 0.504 e. The predicted molar refractivity (Wildman–Crippen MR) is 345 cm³/mol. The Hall–Kier alpha value is -11.1. The van der Waals surface area contributed by atoms with Gasteiger partial charge in [-0.3, -0.25) is 87.2 Å². The number of hydroxylamine groups is 2. The van der Waals surface area contributed by atoms with Crippen molar-refractivity contribution in [1.82, 2.24) is 68.9 Å². The van der Waals surface area contributed by atoms with E-state index in [4.69, 9.17) is 17.2 Å². The Morgan fingerprint density at radius 2 is 1.12 bits per heavy atom. The van der Waals surface area contributed by atoms with Crippen LogP contribution < -0.4 is 96.2 Å². The molecule has 42 nitrogen and oxygen atoms in total. The van der Waals surface area contributed by atoms with Gasteiger partial charge in [-0.05, 0) is 91.8 Å². The number of primary amides is 2. The molecule has 0 saturated carbocycles. The van der Waals surface area contributed by atoms with Crippen molar-refractivity contribution < 1.29 is 117 Å². The fraction of sp³-hybridized carbons (Fsp3) is 0.559. The Labute approximate surface area is 575 Å². The molecule has 1 aromatic heterocycles. The quantitative estimate of drug-likeness (QED) is 0.0128. The highest BCUT2D eigenvalue weighted by molar-refractivity contribution is 6.01. The van der Waals surface area contributed by atoms with Gasteiger partial charge in [-0.15, -0.1) is 0 Å². The maximum Gasteiger partial charge on any atom is 0.335 e. The molecule has 2 aliphatic rings. The predicted octanol–water partition coefficient (Wildman–Crippen LogP) is -9.88. The topological polar surface area (TPSA) is 665 Å². The lowest BCUT2D eigenvalue weighted by atomic mass is 10.0. The summed E-state index contributed by atoms with van der Waals surface area (Å²) in [5.74, 6) is -18.8. The maximum absolute atomic E-state index is 14.1. The first-order chi connectivity index (χ1) is 47.5. The number of carboxylic acids is 1. The first kappa shape index (κ1) is 82.3. The minimum atomic E-state index is -2.77. The third kappa shape index (κ3) is 25.0. The molecule has 2 aromatic rings. The molecule has 3 heterocycles. The van der Waals surface area contributed by atoms with Crippen molar-refractivity contribution in [3.8, 4) is 11.5 Å². The molecule has 16 amide bonds. The number of pyridine rings is 1. The van der Waals surface area contributed by atoms with Gasteiger partial charge in [0.1, 0.15) is 71.6 Å². The number of piperidine rings is 1. The number of fused-ring (bicyclic) bond motifs is 3. The van der Waals surface area contributed by atoms with Crippen LogP contribution in [0.4, 0.5) is 11.5 Å². The number of hydrogen-bond donors (Lipinski definition) is 23. The highest BCUT2D eigenvalue weighted by atomic mass is 16.5. The van der Waals surface area contributed by atoms with Gasteiger partial charge in [0.2, 0.25) is 82.7 Å². The van der Waals surface area contributed by atoms with E-state index in [-0.39, 0.29) is 80.6 Å². The molecule has 556 valence electrons. The zero-order valence-corrected chi connectivity index (χ0v) is 55.7. The number of hydrogen-bond acceptors (Lipinski definition) is 24. The van der Waals surface area contributed by atoms with E-state index in [1.54, 1.807) is 0 Å². The van der Waals surface area contributed by atoms with Crippen LogP contribution in [0, 0.1) is 0 Å². The molecule has 12 atom stereocenters. The number of nitrogens with zero attached hydrogens (tertiary/aromatic N) is 2. The van der Waals surface area contributed by atoms with Crippen molar-refractivity contribution in [2.24, 2.45) is 17.2 Å². The molecule has 0 bridgehead atoms. The van der Waals surface area contributed by atoms with Crippen molar-refractivity contribution >= 4 is 123 Å². The number of carboxylic acid groups (broad SMARTS) is 1. The number of aromatic hydroxyl groups is 2. The zero-order chi connectivity index (χ0) is 75.7. The number of anilines is 2. The van der Waals surface area contributed by atoms with Gasteiger partial charge in [0.15, 0.2) is 23.6 Å². The fourth-order valence-electron chi connectivity index (χ4n) is 9.92. The van der Waals surface area contributed by atoms with Gasteiger partial charge in [-0.25, -0.2) is 14.4 Å². The molecular formula is C59H88N19O23+. The Morgan fingerprint density at radius 3 is 1.70 bits per heavy atom. The lowest BCUT2D eigenvalue weighted by molar-refractivity contribution is -0.674. The molecule has 2 aliphatic heterocycles. The number of carbonyl (C=O) groups is 17. The van der Waals surface area contributed by atoms with Crippen molar-refractivity contribution in [3.63, 3.8) is 0 Å². The third-order valence-electron chi connectivity index (χ3n) is 15.6. The third-order valence-corrected chi connectivity index (χ3v) is 15.6. The molecule has 12 unspecified atom stereocenters. The second kappa shape index (κ2) is 38.9. The number of unbranched alkanes of at least 4 members (excludes halogenated alkanes) is 1. The molecular weight excluding hydrogens is 1340 g/mol. The van der Waals surface area contributed by atoms with Crippen LogP contribution in [-0.2, 0) is 81.5 Å². The number of carbonyl (C=O) groups excluding carboxylic acids is 16. The summed E-state index contributed by atoms with van der Waals surface area (Å²) in [6.07, 6.45) is -3.35. The van der Waals surface area contributed by atoms with E-state index in [0.29, 0.717) is 17.9 Å². The second-order valence-corrected chi connectivity index (χ2v) is 23.7. The molecule has 1 aromatic carbocycles. The molecule has 0 spiro atoms. The standard InChI is InChI=1S/C59H87N19O23/c1-25(48(88)66-26(2)49(89)68-28(4)52(92)74-33-10-8-18-77(101)58(33)98)67-50(90)27(3)69-55(95)35(24-79)75-54(94)32(11-12-40(61)82)73-57(97)45(46(87)59(99)100)76-44(86)23-64-43(85)22-65-53(93)31(9-6-7-16-60)72-51(91)29(5)70-56(96)36-15-17-63-47-34(71-42(84)14-13-41(62)83)19-30-20-38(80)39(81)21-37(30)78(36)47/h19-21,25-29,31-33,35-36,45-46,79,87,101H,6-18,22-24,60H2,1-5H3,(H20,61,62,63,64,65,66,67,68,69,70,71,72,73,74,75,76,80,81,82,83,84,85,86,88,89,90,91,92,93,94,95,96,97,99,100)/p+1. The SMILES string of the molecule is CC(NC(=O)C(C)NC(=O)C(C)NC(=O)C(CO)NC(=O)C(CCC(N)=O)NC(=O)C(NC(=O)CNC(=O)CNC(=O)C(CCCCN)NC(=O)C(C)NC(=O)C1CCNc2c(NC(=O)CCC(N)=O)cc3cc(O)c(O)cc3[n+]21)C(O)C(=O)O)C(=O)NC(C)C(=O)NC1CCCN(O)C1=O. The van der Waals surface area contributed by atoms with Gasteiger partial charge in [0.05, 0.1) is 26.2 Å². The van der Waals surface area contributed by atoms with Crippen LogP contribution in [-0.4, -0.2) is 242 Å². The first-order valence-electron chi connectivity index (χ1n) is 31.8. The van der Waals surface area contributed by atoms with E-state index >= 15 is 0 Å². The summed E-state index contributed by atoms with van der Waals surface area (Å²) in [7, 11) is 0. The van der Waals surface area contributed by atoms with Gasteiger partial charge in [-0.2, -0.15) is 0 Å². The Balaban J connectivity index is 1.33.